The zero-order valence-electron chi connectivity index (χ0n) is 60.1. The normalized spacial score (nSPS) is 11.2. The fourth-order valence-corrected chi connectivity index (χ4v) is 27.1. The van der Waals surface area contributed by atoms with Gasteiger partial charge in [0, 0.05) is 33.4 Å². The number of hydrogen-bond donors (Lipinski definition) is 0. The van der Waals surface area contributed by atoms with Gasteiger partial charge in [-0.2, -0.15) is 0 Å². The second kappa shape index (κ2) is 30.3. The van der Waals surface area contributed by atoms with Crippen LogP contribution in [0.3, 0.4) is 0 Å². The van der Waals surface area contributed by atoms with E-state index in [0.717, 1.165) is 140 Å². The zero-order chi connectivity index (χ0) is 74.2. The molecule has 0 atom stereocenters. The van der Waals surface area contributed by atoms with Crippen LogP contribution in [0, 0.1) is 92.7 Å². The summed E-state index contributed by atoms with van der Waals surface area (Å²) in [6, 6.07) is 136. The molecule has 0 aromatic heterocycles. The SMILES string of the molecule is C#C[Si](C#Cc1c2ccccc2c(C#C[Si](C#Cc2c3ccccc3c(C#C[Si](C#Cc3c4ccccc4c(C#C[Si](C#C)(c4ccccc4)c4ccccc4)c4ccccc34)(c3ccccc3)c3ccccc3)c3ccccc23)(c2ccccc2)c2ccccc2)c2ccccc12)(c1ccccc1)c1ccccc1. The molecule has 0 radical (unpaired) electrons. The van der Waals surface area contributed by atoms with Crippen LogP contribution in [0.1, 0.15) is 33.4 Å². The molecule has 110 heavy (non-hydrogen) atoms. The summed E-state index contributed by atoms with van der Waals surface area (Å²) in [5, 5.41) is 20.7. The second-order valence-electron chi connectivity index (χ2n) is 27.2. The maximum Gasteiger partial charge on any atom is 0.276 e. The first kappa shape index (κ1) is 68.7. The van der Waals surface area contributed by atoms with Gasteiger partial charge in [-0.15, -0.1) is 23.9 Å². The van der Waals surface area contributed by atoms with E-state index in [9.17, 15) is 0 Å². The molecule has 0 saturated heterocycles. The maximum atomic E-state index is 6.71. The van der Waals surface area contributed by atoms with E-state index in [1.165, 1.54) is 0 Å². The Morgan fingerprint density at radius 1 is 0.136 bits per heavy atom. The van der Waals surface area contributed by atoms with Gasteiger partial charge in [0.15, 0.2) is 0 Å². The van der Waals surface area contributed by atoms with Crippen LogP contribution in [0.15, 0.2) is 388 Å². The summed E-state index contributed by atoms with van der Waals surface area (Å²) < 4.78 is 0. The van der Waals surface area contributed by atoms with E-state index < -0.39 is 32.3 Å². The monoisotopic (exact) mass is 1450 g/mol. The van der Waals surface area contributed by atoms with Crippen LogP contribution >= 0.6 is 0 Å². The fourth-order valence-electron chi connectivity index (χ4n) is 15.6. The molecule has 0 spiro atoms. The van der Waals surface area contributed by atoms with E-state index in [1.54, 1.807) is 0 Å². The summed E-state index contributed by atoms with van der Waals surface area (Å²) in [7, 11) is -13.0. The number of benzene rings is 17. The summed E-state index contributed by atoms with van der Waals surface area (Å²) in [5.74, 6) is 23.6. The van der Waals surface area contributed by atoms with Crippen molar-refractivity contribution in [2.45, 2.75) is 0 Å². The number of fused-ring (bicyclic) bond motifs is 6. The first-order valence-electron chi connectivity index (χ1n) is 36.8. The molecule has 0 bridgehead atoms. The van der Waals surface area contributed by atoms with Gasteiger partial charge in [-0.25, -0.2) is 0 Å². The standard InChI is InChI=1S/C106H66Si4/c1-3-107(81-41-13-5-14-42-81,82-43-15-6-16-44-82)75-69-101-89-57-29-33-61-93(89)103(94-62-34-30-58-90(94)101)71-77-109(85-49-21-9-22-50-85,86-51-23-10-24-52-86)79-73-105-97-65-37-39-67-99(97)106(100-68-40-38-66-98(100)105)74-80-110(87-53-25-11-26-54-87,88-55-27-12-28-56-88)78-72-104-95-63-35-31-59-91(95)102(92-60-32-36-64-96(92)104)70-76-108(4-2,83-45-17-7-18-46-83)84-47-19-8-20-48-84/h1-2,5-68H. The Morgan fingerprint density at radius 2 is 0.245 bits per heavy atom. The van der Waals surface area contributed by atoms with Gasteiger partial charge < -0.3 is 0 Å². The minimum absolute atomic E-state index is 0.914. The Labute approximate surface area is 647 Å². The summed E-state index contributed by atoms with van der Waals surface area (Å²) in [4.78, 5) is 0. The third kappa shape index (κ3) is 12.5. The van der Waals surface area contributed by atoms with Crippen LogP contribution in [0.4, 0.5) is 0 Å². The maximum absolute atomic E-state index is 6.71. The highest BCUT2D eigenvalue weighted by Crippen LogP contribution is 2.36. The van der Waals surface area contributed by atoms with Crippen LogP contribution in [0.25, 0.3) is 64.6 Å². The van der Waals surface area contributed by atoms with E-state index in [0.29, 0.717) is 0 Å². The predicted molar refractivity (Wildman–Crippen MR) is 475 cm³/mol. The highest BCUT2D eigenvalue weighted by molar-refractivity contribution is 7.15. The molecular formula is C106H66Si4. The van der Waals surface area contributed by atoms with E-state index in [4.69, 9.17) is 12.8 Å². The third-order valence-electron chi connectivity index (χ3n) is 21.1. The molecule has 0 fully saturated rings. The lowest BCUT2D eigenvalue weighted by molar-refractivity contribution is 1.70. The molecule has 0 aliphatic carbocycles. The predicted octanol–water partition coefficient (Wildman–Crippen LogP) is 16.7. The Morgan fingerprint density at radius 3 is 0.373 bits per heavy atom. The van der Waals surface area contributed by atoms with Gasteiger partial charge in [-0.1, -0.05) is 457 Å². The third-order valence-corrected chi connectivity index (χ3v) is 34.6. The van der Waals surface area contributed by atoms with Crippen LogP contribution in [-0.4, -0.2) is 32.3 Å². The molecule has 0 aliphatic rings. The zero-order valence-corrected chi connectivity index (χ0v) is 64.1. The topological polar surface area (TPSA) is 0 Å². The molecule has 0 unspecified atom stereocenters. The summed E-state index contributed by atoms with van der Waals surface area (Å²) >= 11 is 0. The van der Waals surface area contributed by atoms with Gasteiger partial charge in [0.2, 0.25) is 0 Å². The van der Waals surface area contributed by atoms with Crippen LogP contribution in [-0.2, 0) is 0 Å². The number of hydrogen-bond acceptors (Lipinski definition) is 0. The van der Waals surface area contributed by atoms with Gasteiger partial charge in [0.05, 0.1) is 0 Å². The van der Waals surface area contributed by atoms with Crippen molar-refractivity contribution in [3.05, 3.63) is 422 Å². The highest BCUT2D eigenvalue weighted by atomic mass is 28.3. The van der Waals surface area contributed by atoms with E-state index in [-0.39, 0.29) is 0 Å². The smallest absolute Gasteiger partial charge is 0.125 e. The largest absolute Gasteiger partial charge is 0.276 e. The highest BCUT2D eigenvalue weighted by Gasteiger charge is 2.39. The van der Waals surface area contributed by atoms with Crippen molar-refractivity contribution in [1.29, 1.82) is 0 Å². The van der Waals surface area contributed by atoms with Crippen molar-refractivity contribution in [2.24, 2.45) is 0 Å². The average Bonchev–Trinajstić information content (AvgIpc) is 0.777. The molecule has 0 heterocycles. The Balaban J connectivity index is 0.853. The number of rotatable bonds is 8. The lowest BCUT2D eigenvalue weighted by Crippen LogP contribution is -2.57. The molecular weight excluding hydrogens is 1390 g/mol. The average molecular weight is 1450 g/mol. The molecule has 506 valence electrons. The van der Waals surface area contributed by atoms with Crippen molar-refractivity contribution >= 4 is 138 Å². The minimum Gasteiger partial charge on any atom is -0.125 e. The van der Waals surface area contributed by atoms with Gasteiger partial charge >= 0.3 is 0 Å². The second-order valence-corrected chi connectivity index (χ2v) is 39.9. The van der Waals surface area contributed by atoms with Crippen molar-refractivity contribution in [2.75, 3.05) is 0 Å². The van der Waals surface area contributed by atoms with Gasteiger partial charge in [0.1, 0.15) is 0 Å². The molecule has 17 aromatic carbocycles. The molecule has 0 N–H and O–H groups in total. The van der Waals surface area contributed by atoms with Crippen molar-refractivity contribution < 1.29 is 0 Å². The van der Waals surface area contributed by atoms with Crippen molar-refractivity contribution in [3.8, 4) is 92.7 Å². The first-order valence-corrected chi connectivity index (χ1v) is 44.8. The van der Waals surface area contributed by atoms with Crippen LogP contribution in [0.5, 0.6) is 0 Å². The quantitative estimate of drug-likeness (QED) is 0.0808. The molecule has 0 aliphatic heterocycles. The summed E-state index contributed by atoms with van der Waals surface area (Å²) in [6.45, 7) is 0. The summed E-state index contributed by atoms with van der Waals surface area (Å²) in [5.41, 5.74) is 36.4. The lowest BCUT2D eigenvalue weighted by Gasteiger charge is -2.22. The first-order chi connectivity index (χ1) is 54.4. The van der Waals surface area contributed by atoms with Gasteiger partial charge in [-0.3, -0.25) is 0 Å². The Hall–Kier alpha value is -14.4. The Bertz CT molecular complexity index is 6180. The molecule has 0 amide bonds. The Kier molecular flexibility index (Phi) is 18.9. The van der Waals surface area contributed by atoms with E-state index in [2.05, 4.69) is 444 Å². The molecule has 0 saturated carbocycles. The van der Waals surface area contributed by atoms with Crippen LogP contribution in [0.2, 0.25) is 0 Å². The van der Waals surface area contributed by atoms with Crippen molar-refractivity contribution in [3.63, 3.8) is 0 Å². The number of terminal acetylenes is 2. The molecule has 4 heteroatoms. The van der Waals surface area contributed by atoms with Crippen molar-refractivity contribution in [1.82, 2.24) is 0 Å². The van der Waals surface area contributed by atoms with Gasteiger partial charge in [-0.05, 0) is 106 Å². The lowest BCUT2D eigenvalue weighted by atomic mass is 9.92. The molecule has 17 aromatic rings. The minimum atomic E-state index is -3.46. The fraction of sp³-hybridized carbons (Fsp3) is 0. The molecule has 17 rings (SSSR count). The van der Waals surface area contributed by atoms with Crippen LogP contribution < -0.4 is 41.5 Å². The van der Waals surface area contributed by atoms with E-state index >= 15 is 0 Å². The molecule has 0 nitrogen and oxygen atoms in total. The summed E-state index contributed by atoms with van der Waals surface area (Å²) in [6.07, 6.45) is 13.4. The van der Waals surface area contributed by atoms with Gasteiger partial charge in [0.25, 0.3) is 32.3 Å². The van der Waals surface area contributed by atoms with E-state index in [1.807, 2.05) is 24.3 Å².